The Balaban J connectivity index is 3.45. The summed E-state index contributed by atoms with van der Waals surface area (Å²) in [6.07, 6.45) is 10.7. The molecule has 0 aliphatic rings. The summed E-state index contributed by atoms with van der Waals surface area (Å²) < 4.78 is 10.5. The maximum absolute atomic E-state index is 5.55. The molecule has 0 spiro atoms. The van der Waals surface area contributed by atoms with Crippen molar-refractivity contribution in [3.8, 4) is 0 Å². The average molecular weight is 273 g/mol. The van der Waals surface area contributed by atoms with Gasteiger partial charge in [-0.1, -0.05) is 52.4 Å². The maximum Gasteiger partial charge on any atom is 0.0700 e. The number of unbranched alkanes of at least 4 members (excludes halogenated alkanes) is 5. The molecule has 0 fully saturated rings. The number of methoxy groups -OCH3 is 1. The second-order valence-corrected chi connectivity index (χ2v) is 5.20. The second kappa shape index (κ2) is 15.9. The van der Waals surface area contributed by atoms with Gasteiger partial charge in [0.15, 0.2) is 0 Å². The Labute approximate surface area is 120 Å². The van der Waals surface area contributed by atoms with E-state index in [0.717, 1.165) is 19.6 Å². The average Bonchev–Trinajstić information content (AvgIpc) is 2.42. The molecule has 1 atom stereocenters. The van der Waals surface area contributed by atoms with E-state index in [4.69, 9.17) is 9.47 Å². The van der Waals surface area contributed by atoms with Crippen molar-refractivity contribution in [2.24, 2.45) is 0 Å². The smallest absolute Gasteiger partial charge is 0.0700 e. The fourth-order valence-electron chi connectivity index (χ4n) is 2.28. The molecular formula is C16H35NO2. The third-order valence-electron chi connectivity index (χ3n) is 3.44. The molecule has 0 aliphatic heterocycles. The van der Waals surface area contributed by atoms with Crippen LogP contribution in [0.4, 0.5) is 0 Å². The monoisotopic (exact) mass is 273 g/mol. The van der Waals surface area contributed by atoms with Crippen molar-refractivity contribution in [2.75, 3.05) is 33.5 Å². The van der Waals surface area contributed by atoms with Gasteiger partial charge in [-0.2, -0.15) is 0 Å². The highest BCUT2D eigenvalue weighted by Crippen LogP contribution is 2.10. The topological polar surface area (TPSA) is 30.5 Å². The van der Waals surface area contributed by atoms with Crippen molar-refractivity contribution >= 4 is 0 Å². The van der Waals surface area contributed by atoms with Gasteiger partial charge in [0, 0.05) is 19.8 Å². The van der Waals surface area contributed by atoms with Crippen LogP contribution < -0.4 is 5.32 Å². The van der Waals surface area contributed by atoms with E-state index in [0.29, 0.717) is 19.3 Å². The van der Waals surface area contributed by atoms with Crippen LogP contribution in [0.3, 0.4) is 0 Å². The minimum Gasteiger partial charge on any atom is -0.382 e. The first-order valence-corrected chi connectivity index (χ1v) is 8.15. The Morgan fingerprint density at radius 1 is 0.842 bits per heavy atom. The number of rotatable bonds is 15. The predicted molar refractivity (Wildman–Crippen MR) is 82.8 cm³/mol. The molecule has 0 aromatic carbocycles. The summed E-state index contributed by atoms with van der Waals surface area (Å²) in [4.78, 5) is 0. The van der Waals surface area contributed by atoms with Gasteiger partial charge in [0.25, 0.3) is 0 Å². The van der Waals surface area contributed by atoms with Gasteiger partial charge in [0.05, 0.1) is 13.2 Å². The van der Waals surface area contributed by atoms with E-state index in [-0.39, 0.29) is 0 Å². The third kappa shape index (κ3) is 14.1. The van der Waals surface area contributed by atoms with Crippen LogP contribution in [0.2, 0.25) is 0 Å². The Morgan fingerprint density at radius 3 is 2.26 bits per heavy atom. The SMILES string of the molecule is CCCCCCCCC(CCOCCOC)NCC. The lowest BCUT2D eigenvalue weighted by Crippen LogP contribution is -2.30. The summed E-state index contributed by atoms with van der Waals surface area (Å²) in [5, 5.41) is 3.56. The van der Waals surface area contributed by atoms with Gasteiger partial charge < -0.3 is 14.8 Å². The molecule has 0 aliphatic carbocycles. The Kier molecular flexibility index (Phi) is 15.8. The van der Waals surface area contributed by atoms with Crippen LogP contribution in [0.25, 0.3) is 0 Å². The van der Waals surface area contributed by atoms with Gasteiger partial charge in [0.2, 0.25) is 0 Å². The van der Waals surface area contributed by atoms with Crippen LogP contribution in [0, 0.1) is 0 Å². The van der Waals surface area contributed by atoms with Crippen molar-refractivity contribution in [3.63, 3.8) is 0 Å². The molecule has 0 radical (unpaired) electrons. The van der Waals surface area contributed by atoms with Crippen molar-refractivity contribution in [1.82, 2.24) is 5.32 Å². The van der Waals surface area contributed by atoms with E-state index in [1.807, 2.05) is 0 Å². The van der Waals surface area contributed by atoms with Crippen molar-refractivity contribution in [1.29, 1.82) is 0 Å². The first-order chi connectivity index (χ1) is 9.35. The molecule has 0 rings (SSSR count). The van der Waals surface area contributed by atoms with Crippen LogP contribution in [-0.2, 0) is 9.47 Å². The molecule has 1 unspecified atom stereocenters. The van der Waals surface area contributed by atoms with Gasteiger partial charge in [0.1, 0.15) is 0 Å². The van der Waals surface area contributed by atoms with Gasteiger partial charge in [-0.15, -0.1) is 0 Å². The molecule has 0 saturated heterocycles. The van der Waals surface area contributed by atoms with E-state index in [2.05, 4.69) is 19.2 Å². The molecule has 3 heteroatoms. The maximum atomic E-state index is 5.55. The van der Waals surface area contributed by atoms with E-state index < -0.39 is 0 Å². The van der Waals surface area contributed by atoms with E-state index in [1.54, 1.807) is 7.11 Å². The van der Waals surface area contributed by atoms with Crippen LogP contribution >= 0.6 is 0 Å². The Bertz CT molecular complexity index is 165. The van der Waals surface area contributed by atoms with E-state index in [9.17, 15) is 0 Å². The number of ether oxygens (including phenoxy) is 2. The van der Waals surface area contributed by atoms with E-state index >= 15 is 0 Å². The fraction of sp³-hybridized carbons (Fsp3) is 1.00. The lowest BCUT2D eigenvalue weighted by molar-refractivity contribution is 0.0654. The summed E-state index contributed by atoms with van der Waals surface area (Å²) in [5.41, 5.74) is 0. The number of hydrogen-bond acceptors (Lipinski definition) is 3. The Hall–Kier alpha value is -0.120. The Morgan fingerprint density at radius 2 is 1.58 bits per heavy atom. The van der Waals surface area contributed by atoms with Crippen LogP contribution in [0.15, 0.2) is 0 Å². The zero-order chi connectivity index (χ0) is 14.2. The lowest BCUT2D eigenvalue weighted by atomic mass is 10.0. The normalized spacial score (nSPS) is 12.8. The summed E-state index contributed by atoms with van der Waals surface area (Å²) in [6, 6.07) is 0.624. The van der Waals surface area contributed by atoms with Gasteiger partial charge in [-0.05, 0) is 19.4 Å². The zero-order valence-corrected chi connectivity index (χ0v) is 13.4. The summed E-state index contributed by atoms with van der Waals surface area (Å²) >= 11 is 0. The highest BCUT2D eigenvalue weighted by molar-refractivity contribution is 4.66. The van der Waals surface area contributed by atoms with Crippen LogP contribution in [-0.4, -0.2) is 39.5 Å². The summed E-state index contributed by atoms with van der Waals surface area (Å²) in [6.45, 7) is 7.76. The molecule has 0 aromatic rings. The summed E-state index contributed by atoms with van der Waals surface area (Å²) in [7, 11) is 1.71. The van der Waals surface area contributed by atoms with Crippen LogP contribution in [0.1, 0.15) is 65.2 Å². The van der Waals surface area contributed by atoms with E-state index in [1.165, 1.54) is 44.9 Å². The molecule has 0 saturated carbocycles. The molecule has 0 amide bonds. The molecule has 0 bridgehead atoms. The highest BCUT2D eigenvalue weighted by atomic mass is 16.5. The fourth-order valence-corrected chi connectivity index (χ4v) is 2.28. The predicted octanol–water partition coefficient (Wildman–Crippen LogP) is 3.77. The van der Waals surface area contributed by atoms with Crippen LogP contribution in [0.5, 0.6) is 0 Å². The second-order valence-electron chi connectivity index (χ2n) is 5.20. The van der Waals surface area contributed by atoms with Crippen molar-refractivity contribution < 1.29 is 9.47 Å². The standard InChI is InChI=1S/C16H35NO2/c1-4-6-7-8-9-10-11-16(17-5-2)12-13-19-15-14-18-3/h16-17H,4-15H2,1-3H3. The molecule has 0 heterocycles. The number of hydrogen-bond donors (Lipinski definition) is 1. The third-order valence-corrected chi connectivity index (χ3v) is 3.44. The lowest BCUT2D eigenvalue weighted by Gasteiger charge is -2.17. The van der Waals surface area contributed by atoms with Gasteiger partial charge >= 0.3 is 0 Å². The first-order valence-electron chi connectivity index (χ1n) is 8.15. The molecular weight excluding hydrogens is 238 g/mol. The minimum atomic E-state index is 0.624. The highest BCUT2D eigenvalue weighted by Gasteiger charge is 2.06. The first kappa shape index (κ1) is 18.9. The molecule has 0 aromatic heterocycles. The minimum absolute atomic E-state index is 0.624. The quantitative estimate of drug-likeness (QED) is 0.461. The molecule has 19 heavy (non-hydrogen) atoms. The van der Waals surface area contributed by atoms with Crippen molar-refractivity contribution in [3.05, 3.63) is 0 Å². The molecule has 116 valence electrons. The molecule has 1 N–H and O–H groups in total. The van der Waals surface area contributed by atoms with Crippen molar-refractivity contribution in [2.45, 2.75) is 71.3 Å². The van der Waals surface area contributed by atoms with Gasteiger partial charge in [-0.25, -0.2) is 0 Å². The van der Waals surface area contributed by atoms with Gasteiger partial charge in [-0.3, -0.25) is 0 Å². The number of nitrogens with one attached hydrogen (secondary N) is 1. The zero-order valence-electron chi connectivity index (χ0n) is 13.4. The molecule has 3 nitrogen and oxygen atoms in total. The summed E-state index contributed by atoms with van der Waals surface area (Å²) in [5.74, 6) is 0. The largest absolute Gasteiger partial charge is 0.382 e.